The molecule has 1 N–H and O–H groups in total. The highest BCUT2D eigenvalue weighted by Gasteiger charge is 2.20. The van der Waals surface area contributed by atoms with Crippen LogP contribution in [0.3, 0.4) is 0 Å². The summed E-state index contributed by atoms with van der Waals surface area (Å²) in [5.41, 5.74) is 4.29. The zero-order valence-corrected chi connectivity index (χ0v) is 27.5. The van der Waals surface area contributed by atoms with Crippen molar-refractivity contribution in [2.75, 3.05) is 18.5 Å². The molecule has 2 aromatic carbocycles. The maximum absolute atomic E-state index is 14.1. The summed E-state index contributed by atoms with van der Waals surface area (Å²) >= 11 is 0. The SMILES string of the molecule is CCCCCCOc1c(OCC=C(C)CCC=C(C)C)c(=O)n(CCCCCC)c2cc(NC(=O)c3ccccc3)ccc12. The highest BCUT2D eigenvalue weighted by molar-refractivity contribution is 6.05. The third kappa shape index (κ3) is 10.7. The monoisotopic (exact) mass is 600 g/mol. The van der Waals surface area contributed by atoms with Crippen LogP contribution in [0.25, 0.3) is 10.9 Å². The van der Waals surface area contributed by atoms with Gasteiger partial charge in [-0.2, -0.15) is 0 Å². The Kier molecular flexibility index (Phi) is 14.8. The highest BCUT2D eigenvalue weighted by atomic mass is 16.5. The first-order valence-electron chi connectivity index (χ1n) is 16.5. The van der Waals surface area contributed by atoms with E-state index in [-0.39, 0.29) is 17.2 Å². The van der Waals surface area contributed by atoms with E-state index in [9.17, 15) is 9.59 Å². The largest absolute Gasteiger partial charge is 0.489 e. The van der Waals surface area contributed by atoms with E-state index >= 15 is 0 Å². The van der Waals surface area contributed by atoms with Crippen molar-refractivity contribution < 1.29 is 14.3 Å². The molecule has 1 amide bonds. The van der Waals surface area contributed by atoms with E-state index in [2.05, 4.69) is 52.1 Å². The van der Waals surface area contributed by atoms with Crippen LogP contribution in [-0.2, 0) is 6.54 Å². The van der Waals surface area contributed by atoms with Crippen LogP contribution in [-0.4, -0.2) is 23.7 Å². The van der Waals surface area contributed by atoms with Gasteiger partial charge in [0.15, 0.2) is 5.75 Å². The predicted octanol–water partition coefficient (Wildman–Crippen LogP) is 9.86. The fourth-order valence-electron chi connectivity index (χ4n) is 5.12. The molecule has 0 bridgehead atoms. The van der Waals surface area contributed by atoms with Gasteiger partial charge in [0.05, 0.1) is 12.1 Å². The van der Waals surface area contributed by atoms with Crippen LogP contribution in [0.4, 0.5) is 5.69 Å². The molecule has 1 heterocycles. The van der Waals surface area contributed by atoms with Crippen LogP contribution in [0.5, 0.6) is 11.5 Å². The lowest BCUT2D eigenvalue weighted by molar-refractivity contribution is 0.102. The predicted molar refractivity (Wildman–Crippen MR) is 184 cm³/mol. The average molecular weight is 601 g/mol. The van der Waals surface area contributed by atoms with E-state index in [0.29, 0.717) is 36.8 Å². The average Bonchev–Trinajstić information content (AvgIpc) is 3.01. The fraction of sp³-hybridized carbons (Fsp3) is 0.474. The number of nitrogens with one attached hydrogen (secondary N) is 1. The number of aromatic nitrogens is 1. The van der Waals surface area contributed by atoms with Gasteiger partial charge < -0.3 is 19.4 Å². The Labute approximate surface area is 264 Å². The molecule has 44 heavy (non-hydrogen) atoms. The number of pyridine rings is 1. The van der Waals surface area contributed by atoms with E-state index < -0.39 is 0 Å². The van der Waals surface area contributed by atoms with E-state index in [4.69, 9.17) is 9.47 Å². The molecule has 0 spiro atoms. The van der Waals surface area contributed by atoms with Gasteiger partial charge in [0.2, 0.25) is 5.75 Å². The highest BCUT2D eigenvalue weighted by Crippen LogP contribution is 2.35. The maximum Gasteiger partial charge on any atom is 0.297 e. The number of fused-ring (bicyclic) bond motifs is 1. The molecule has 0 aliphatic rings. The second-order valence-electron chi connectivity index (χ2n) is 11.8. The fourth-order valence-corrected chi connectivity index (χ4v) is 5.12. The first-order chi connectivity index (χ1) is 21.3. The number of amides is 1. The van der Waals surface area contributed by atoms with Crippen LogP contribution in [0, 0.1) is 0 Å². The molecule has 6 heteroatoms. The molecule has 0 fully saturated rings. The Bertz CT molecular complexity index is 1450. The molecule has 0 unspecified atom stereocenters. The summed E-state index contributed by atoms with van der Waals surface area (Å²) in [6.07, 6.45) is 14.6. The van der Waals surface area contributed by atoms with Gasteiger partial charge >= 0.3 is 0 Å². The van der Waals surface area contributed by atoms with Gasteiger partial charge in [-0.1, -0.05) is 87.8 Å². The Hall–Kier alpha value is -3.80. The molecule has 1 aromatic heterocycles. The van der Waals surface area contributed by atoms with E-state index in [1.165, 1.54) is 11.1 Å². The third-order valence-electron chi connectivity index (χ3n) is 7.70. The first-order valence-corrected chi connectivity index (χ1v) is 16.5. The Morgan fingerprint density at radius 2 is 1.57 bits per heavy atom. The topological polar surface area (TPSA) is 69.6 Å². The number of unbranched alkanes of at least 4 members (excludes halogenated alkanes) is 6. The van der Waals surface area contributed by atoms with E-state index in [1.54, 1.807) is 16.7 Å². The number of hydrogen-bond donors (Lipinski definition) is 1. The van der Waals surface area contributed by atoms with Crippen molar-refractivity contribution in [3.05, 3.63) is 87.7 Å². The number of benzene rings is 2. The zero-order valence-electron chi connectivity index (χ0n) is 27.5. The summed E-state index contributed by atoms with van der Waals surface area (Å²) < 4.78 is 14.4. The molecule has 3 rings (SSSR count). The van der Waals surface area contributed by atoms with E-state index in [0.717, 1.165) is 75.1 Å². The van der Waals surface area contributed by atoms with Crippen LogP contribution >= 0.6 is 0 Å². The second-order valence-corrected chi connectivity index (χ2v) is 11.8. The summed E-state index contributed by atoms with van der Waals surface area (Å²) in [6.45, 7) is 12.1. The normalized spacial score (nSPS) is 11.4. The van der Waals surface area contributed by atoms with Gasteiger partial charge in [0.1, 0.15) is 6.61 Å². The minimum atomic E-state index is -0.195. The van der Waals surface area contributed by atoms with Crippen LogP contribution in [0.15, 0.2) is 76.6 Å². The molecule has 0 saturated carbocycles. The Morgan fingerprint density at radius 3 is 2.27 bits per heavy atom. The lowest BCUT2D eigenvalue weighted by atomic mass is 10.1. The van der Waals surface area contributed by atoms with Gasteiger partial charge in [-0.25, -0.2) is 0 Å². The molecule has 0 atom stereocenters. The van der Waals surface area contributed by atoms with Gasteiger partial charge in [-0.05, 0) is 82.9 Å². The summed E-state index contributed by atoms with van der Waals surface area (Å²) in [4.78, 5) is 27.1. The molecule has 238 valence electrons. The van der Waals surface area contributed by atoms with Crippen LogP contribution in [0.1, 0.15) is 109 Å². The molecule has 0 aliphatic carbocycles. The Balaban J connectivity index is 2.01. The number of ether oxygens (including phenoxy) is 2. The smallest absolute Gasteiger partial charge is 0.297 e. The van der Waals surface area contributed by atoms with Crippen molar-refractivity contribution in [2.45, 2.75) is 105 Å². The van der Waals surface area contributed by atoms with Crippen molar-refractivity contribution in [1.82, 2.24) is 4.57 Å². The zero-order chi connectivity index (χ0) is 31.7. The number of aryl methyl sites for hydroxylation is 1. The summed E-state index contributed by atoms with van der Waals surface area (Å²) in [6, 6.07) is 14.8. The first kappa shape index (κ1) is 34.7. The lowest BCUT2D eigenvalue weighted by Crippen LogP contribution is -2.24. The van der Waals surface area contributed by atoms with Crippen molar-refractivity contribution in [2.24, 2.45) is 0 Å². The second kappa shape index (κ2) is 18.8. The number of carbonyl (C=O) groups excluding carboxylic acids is 1. The number of rotatable bonds is 19. The molecule has 0 aliphatic heterocycles. The molecule has 0 saturated heterocycles. The quantitative estimate of drug-likeness (QED) is 0.110. The third-order valence-corrected chi connectivity index (χ3v) is 7.70. The van der Waals surface area contributed by atoms with Crippen LogP contribution < -0.4 is 20.3 Å². The van der Waals surface area contributed by atoms with Gasteiger partial charge in [0.25, 0.3) is 11.5 Å². The standard InChI is InChI=1S/C38H52N2O4/c1-6-8-10-15-25-40-34-28-32(39-37(41)31-20-13-12-14-21-31)22-23-33(34)35(43-26-16-11-9-7-2)36(38(40)42)44-27-24-30(5)19-17-18-29(3)4/h12-14,18,20-24,28H,6-11,15-17,19,25-27H2,1-5H3,(H,39,41). The summed E-state index contributed by atoms with van der Waals surface area (Å²) in [7, 11) is 0. The molecular weight excluding hydrogens is 548 g/mol. The summed E-state index contributed by atoms with van der Waals surface area (Å²) in [5.74, 6) is 0.557. The van der Waals surface area contributed by atoms with E-state index in [1.807, 2.05) is 36.4 Å². The molecule has 6 nitrogen and oxygen atoms in total. The van der Waals surface area contributed by atoms with Gasteiger partial charge in [0, 0.05) is 23.2 Å². The minimum absolute atomic E-state index is 0.194. The van der Waals surface area contributed by atoms with Crippen LogP contribution in [0.2, 0.25) is 0 Å². The number of anilines is 1. The van der Waals surface area contributed by atoms with Crippen molar-refractivity contribution >= 4 is 22.5 Å². The minimum Gasteiger partial charge on any atom is -0.489 e. The molecule has 3 aromatic rings. The number of allylic oxidation sites excluding steroid dienone is 3. The van der Waals surface area contributed by atoms with Crippen molar-refractivity contribution in [1.29, 1.82) is 0 Å². The van der Waals surface area contributed by atoms with Crippen molar-refractivity contribution in [3.8, 4) is 11.5 Å². The Morgan fingerprint density at radius 1 is 0.841 bits per heavy atom. The lowest BCUT2D eigenvalue weighted by Gasteiger charge is -2.19. The molecular formula is C38H52N2O4. The molecule has 0 radical (unpaired) electrons. The van der Waals surface area contributed by atoms with Gasteiger partial charge in [-0.3, -0.25) is 9.59 Å². The van der Waals surface area contributed by atoms with Crippen molar-refractivity contribution in [3.63, 3.8) is 0 Å². The summed E-state index contributed by atoms with van der Waals surface area (Å²) in [5, 5.41) is 3.82. The van der Waals surface area contributed by atoms with Gasteiger partial charge in [-0.15, -0.1) is 0 Å². The number of nitrogens with zero attached hydrogens (tertiary/aromatic N) is 1. The number of hydrogen-bond acceptors (Lipinski definition) is 4. The number of carbonyl (C=O) groups is 1. The maximum atomic E-state index is 14.1.